The van der Waals surface area contributed by atoms with Crippen molar-refractivity contribution in [2.45, 2.75) is 77.2 Å². The molecule has 0 amide bonds. The van der Waals surface area contributed by atoms with E-state index < -0.39 is 0 Å². The first-order valence-corrected chi connectivity index (χ1v) is 12.5. The van der Waals surface area contributed by atoms with E-state index >= 15 is 0 Å². The Balaban J connectivity index is 1.34. The SMILES string of the molecule is CC1CCc2c(sc3ncnc(N4CCCC(c5nnc6n5CCCCC6)C4)c23)C1. The molecule has 30 heavy (non-hydrogen) atoms. The van der Waals surface area contributed by atoms with Gasteiger partial charge in [-0.1, -0.05) is 13.3 Å². The van der Waals surface area contributed by atoms with Gasteiger partial charge in [0.2, 0.25) is 0 Å². The minimum atomic E-state index is 0.442. The molecule has 1 aliphatic carbocycles. The molecule has 3 aliphatic rings. The predicted molar refractivity (Wildman–Crippen MR) is 120 cm³/mol. The number of rotatable bonds is 2. The molecule has 0 N–H and O–H groups in total. The Bertz CT molecular complexity index is 1070. The zero-order chi connectivity index (χ0) is 20.1. The normalized spacial score (nSPS) is 24.5. The largest absolute Gasteiger partial charge is 0.355 e. The number of nitrogens with zero attached hydrogens (tertiary/aromatic N) is 6. The second kappa shape index (κ2) is 7.59. The van der Waals surface area contributed by atoms with Crippen molar-refractivity contribution in [2.24, 2.45) is 5.92 Å². The minimum Gasteiger partial charge on any atom is -0.355 e. The Morgan fingerprint density at radius 2 is 1.97 bits per heavy atom. The monoisotopic (exact) mass is 422 g/mol. The van der Waals surface area contributed by atoms with Crippen molar-refractivity contribution in [1.82, 2.24) is 24.7 Å². The van der Waals surface area contributed by atoms with Crippen LogP contribution in [0.15, 0.2) is 6.33 Å². The maximum Gasteiger partial charge on any atom is 0.141 e. The number of aromatic nitrogens is 5. The van der Waals surface area contributed by atoms with Crippen molar-refractivity contribution in [1.29, 1.82) is 0 Å². The van der Waals surface area contributed by atoms with Gasteiger partial charge in [0.1, 0.15) is 28.6 Å². The first-order chi connectivity index (χ1) is 14.8. The lowest BCUT2D eigenvalue weighted by Gasteiger charge is -2.34. The average Bonchev–Trinajstić information content (AvgIpc) is 3.26. The Kier molecular flexibility index (Phi) is 4.74. The molecule has 1 saturated heterocycles. The first-order valence-electron chi connectivity index (χ1n) is 11.7. The summed E-state index contributed by atoms with van der Waals surface area (Å²) in [4.78, 5) is 14.7. The molecule has 2 aliphatic heterocycles. The van der Waals surface area contributed by atoms with Crippen molar-refractivity contribution in [3.05, 3.63) is 28.4 Å². The van der Waals surface area contributed by atoms with E-state index in [1.165, 1.54) is 78.8 Å². The Morgan fingerprint density at radius 3 is 2.93 bits per heavy atom. The summed E-state index contributed by atoms with van der Waals surface area (Å²) in [6, 6.07) is 0. The van der Waals surface area contributed by atoms with Crippen LogP contribution in [0.3, 0.4) is 0 Å². The molecular weight excluding hydrogens is 392 g/mol. The van der Waals surface area contributed by atoms with Gasteiger partial charge in [-0.25, -0.2) is 9.97 Å². The van der Waals surface area contributed by atoms with E-state index in [0.29, 0.717) is 5.92 Å². The van der Waals surface area contributed by atoms with E-state index in [4.69, 9.17) is 4.98 Å². The summed E-state index contributed by atoms with van der Waals surface area (Å²) in [5, 5.41) is 10.6. The van der Waals surface area contributed by atoms with E-state index in [9.17, 15) is 0 Å². The molecule has 1 fully saturated rings. The molecule has 5 heterocycles. The zero-order valence-electron chi connectivity index (χ0n) is 17.8. The molecule has 158 valence electrons. The maximum atomic E-state index is 4.83. The molecule has 6 rings (SSSR count). The molecule has 0 bridgehead atoms. The molecular formula is C23H30N6S. The highest BCUT2D eigenvalue weighted by Gasteiger charge is 2.30. The van der Waals surface area contributed by atoms with E-state index in [2.05, 4.69) is 31.6 Å². The van der Waals surface area contributed by atoms with E-state index in [1.54, 1.807) is 11.2 Å². The molecule has 0 saturated carbocycles. The topological polar surface area (TPSA) is 59.7 Å². The van der Waals surface area contributed by atoms with Crippen LogP contribution in [0.2, 0.25) is 0 Å². The van der Waals surface area contributed by atoms with Crippen LogP contribution in [0.5, 0.6) is 0 Å². The Hall–Kier alpha value is -2.02. The number of fused-ring (bicyclic) bond motifs is 4. The number of anilines is 1. The van der Waals surface area contributed by atoms with Crippen molar-refractivity contribution >= 4 is 27.4 Å². The zero-order valence-corrected chi connectivity index (χ0v) is 18.6. The highest BCUT2D eigenvalue weighted by molar-refractivity contribution is 7.19. The van der Waals surface area contributed by atoms with Gasteiger partial charge in [-0.05, 0) is 56.4 Å². The van der Waals surface area contributed by atoms with E-state index in [0.717, 1.165) is 37.8 Å². The second-order valence-electron chi connectivity index (χ2n) is 9.45. The van der Waals surface area contributed by atoms with Crippen LogP contribution in [0, 0.1) is 5.92 Å². The fraction of sp³-hybridized carbons (Fsp3) is 0.652. The molecule has 3 aromatic rings. The molecule has 0 aromatic carbocycles. The minimum absolute atomic E-state index is 0.442. The highest BCUT2D eigenvalue weighted by Crippen LogP contribution is 2.41. The predicted octanol–water partition coefficient (Wildman–Crippen LogP) is 4.52. The van der Waals surface area contributed by atoms with Crippen LogP contribution in [0.1, 0.15) is 73.5 Å². The Morgan fingerprint density at radius 1 is 1.00 bits per heavy atom. The summed E-state index contributed by atoms with van der Waals surface area (Å²) in [6.45, 7) is 5.52. The summed E-state index contributed by atoms with van der Waals surface area (Å²) in [5.41, 5.74) is 1.53. The summed E-state index contributed by atoms with van der Waals surface area (Å²) >= 11 is 1.90. The van der Waals surface area contributed by atoms with Crippen molar-refractivity contribution in [3.8, 4) is 0 Å². The lowest BCUT2D eigenvalue weighted by Crippen LogP contribution is -2.36. The molecule has 2 unspecified atom stereocenters. The lowest BCUT2D eigenvalue weighted by molar-refractivity contribution is 0.464. The standard InChI is InChI=1S/C23H30N6S/c1-15-8-9-17-18(12-15)30-23-20(17)22(24-14-25-23)28-10-5-6-16(13-28)21-27-26-19-7-3-2-4-11-29(19)21/h14-16H,2-13H2,1H3. The fourth-order valence-corrected chi connectivity index (χ4v) is 7.03. The van der Waals surface area contributed by atoms with Crippen LogP contribution < -0.4 is 4.90 Å². The van der Waals surface area contributed by atoms with Gasteiger partial charge in [0.15, 0.2) is 0 Å². The molecule has 3 aromatic heterocycles. The van der Waals surface area contributed by atoms with Crippen LogP contribution in [-0.4, -0.2) is 37.8 Å². The van der Waals surface area contributed by atoms with Crippen LogP contribution >= 0.6 is 11.3 Å². The van der Waals surface area contributed by atoms with Crippen molar-refractivity contribution < 1.29 is 0 Å². The smallest absolute Gasteiger partial charge is 0.141 e. The third kappa shape index (κ3) is 3.13. The van der Waals surface area contributed by atoms with Crippen LogP contribution in [0.4, 0.5) is 5.82 Å². The van der Waals surface area contributed by atoms with Gasteiger partial charge in [-0.2, -0.15) is 0 Å². The Labute approximate surface area is 181 Å². The number of hydrogen-bond donors (Lipinski definition) is 0. The van der Waals surface area contributed by atoms with Gasteiger partial charge in [-0.15, -0.1) is 21.5 Å². The number of hydrogen-bond acceptors (Lipinski definition) is 6. The third-order valence-corrected chi connectivity index (χ3v) is 8.46. The summed E-state index contributed by atoms with van der Waals surface area (Å²) in [5.74, 6) is 4.79. The fourth-order valence-electron chi connectivity index (χ4n) is 5.69. The van der Waals surface area contributed by atoms with Crippen molar-refractivity contribution in [2.75, 3.05) is 18.0 Å². The van der Waals surface area contributed by atoms with Gasteiger partial charge < -0.3 is 9.47 Å². The lowest BCUT2D eigenvalue weighted by atomic mass is 9.89. The average molecular weight is 423 g/mol. The second-order valence-corrected chi connectivity index (χ2v) is 10.5. The summed E-state index contributed by atoms with van der Waals surface area (Å²) in [7, 11) is 0. The number of thiophene rings is 1. The van der Waals surface area contributed by atoms with Crippen LogP contribution in [-0.2, 0) is 25.8 Å². The van der Waals surface area contributed by atoms with E-state index in [1.807, 2.05) is 11.3 Å². The maximum absolute atomic E-state index is 4.83. The quantitative estimate of drug-likeness (QED) is 0.608. The van der Waals surface area contributed by atoms with Crippen molar-refractivity contribution in [3.63, 3.8) is 0 Å². The summed E-state index contributed by atoms with van der Waals surface area (Å²) < 4.78 is 2.44. The van der Waals surface area contributed by atoms with Gasteiger partial charge in [0.25, 0.3) is 0 Å². The highest BCUT2D eigenvalue weighted by atomic mass is 32.1. The number of aryl methyl sites for hydroxylation is 2. The first kappa shape index (κ1) is 18.7. The molecule has 7 heteroatoms. The molecule has 0 spiro atoms. The van der Waals surface area contributed by atoms with E-state index in [-0.39, 0.29) is 0 Å². The van der Waals surface area contributed by atoms with Gasteiger partial charge in [-0.3, -0.25) is 0 Å². The number of piperidine rings is 1. The molecule has 2 atom stereocenters. The van der Waals surface area contributed by atoms with Crippen LogP contribution in [0.25, 0.3) is 10.2 Å². The van der Waals surface area contributed by atoms with Gasteiger partial charge in [0, 0.05) is 36.9 Å². The third-order valence-electron chi connectivity index (χ3n) is 7.30. The summed E-state index contributed by atoms with van der Waals surface area (Å²) in [6.07, 6.45) is 12.7. The van der Waals surface area contributed by atoms with Gasteiger partial charge >= 0.3 is 0 Å². The molecule has 0 radical (unpaired) electrons. The van der Waals surface area contributed by atoms with Gasteiger partial charge in [0.05, 0.1) is 5.39 Å². The molecule has 6 nitrogen and oxygen atoms in total.